The van der Waals surface area contributed by atoms with Crippen molar-refractivity contribution < 1.29 is 4.74 Å². The van der Waals surface area contributed by atoms with Crippen LogP contribution in [-0.4, -0.2) is 12.0 Å². The minimum atomic E-state index is 0.148. The van der Waals surface area contributed by atoms with Crippen molar-refractivity contribution in [3.63, 3.8) is 0 Å². The van der Waals surface area contributed by atoms with Crippen molar-refractivity contribution in [3.05, 3.63) is 35.9 Å². The van der Waals surface area contributed by atoms with Crippen molar-refractivity contribution in [3.8, 4) is 5.75 Å². The van der Waals surface area contributed by atoms with Gasteiger partial charge in [-0.2, -0.15) is 0 Å². The predicted octanol–water partition coefficient (Wildman–Crippen LogP) is 4.90. The molecule has 0 heterocycles. The fourth-order valence-corrected chi connectivity index (χ4v) is 3.15. The average Bonchev–Trinajstić information content (AvgIpc) is 2.27. The molecule has 2 rings (SSSR count). The Morgan fingerprint density at radius 3 is 2.50 bits per heavy atom. The summed E-state index contributed by atoms with van der Waals surface area (Å²) in [6, 6.07) is 8.32. The molecule has 1 atom stereocenters. The molecule has 0 aromatic heterocycles. The Kier molecular flexibility index (Phi) is 4.01. The number of halogens is 1. The van der Waals surface area contributed by atoms with Crippen LogP contribution in [-0.2, 0) is 0 Å². The third-order valence-corrected chi connectivity index (χ3v) is 3.62. The van der Waals surface area contributed by atoms with Gasteiger partial charge in [-0.05, 0) is 48.4 Å². The number of hydrogen-bond acceptors (Lipinski definition) is 1. The maximum absolute atomic E-state index is 6.33. The van der Waals surface area contributed by atoms with Crippen LogP contribution in [0.25, 0.3) is 5.57 Å². The summed E-state index contributed by atoms with van der Waals surface area (Å²) in [6.07, 6.45) is 4.34. The molecule has 0 aliphatic heterocycles. The summed E-state index contributed by atoms with van der Waals surface area (Å²) >= 11 is 6.33. The highest BCUT2D eigenvalue weighted by Gasteiger charge is 2.28. The zero-order valence-electron chi connectivity index (χ0n) is 11.4. The van der Waals surface area contributed by atoms with E-state index in [0.717, 1.165) is 18.6 Å². The molecule has 0 saturated carbocycles. The Balaban J connectivity index is 2.20. The molecule has 0 spiro atoms. The SMILES string of the molecule is CCOc1ccc(C2=CC(Cl)CC(C)(C)C2)cc1. The molecule has 98 valence electrons. The van der Waals surface area contributed by atoms with E-state index in [1.54, 1.807) is 0 Å². The fraction of sp³-hybridized carbons (Fsp3) is 0.500. The third kappa shape index (κ3) is 3.29. The average molecular weight is 265 g/mol. The molecule has 0 N–H and O–H groups in total. The van der Waals surface area contributed by atoms with Gasteiger partial charge in [0, 0.05) is 0 Å². The standard InChI is InChI=1S/C16H21ClO/c1-4-18-15-7-5-12(6-8-15)13-9-14(17)11-16(2,3)10-13/h5-9,14H,4,10-11H2,1-3H3. The second-order valence-corrected chi connectivity index (χ2v) is 6.27. The summed E-state index contributed by atoms with van der Waals surface area (Å²) < 4.78 is 5.46. The summed E-state index contributed by atoms with van der Waals surface area (Å²) in [5.41, 5.74) is 2.90. The van der Waals surface area contributed by atoms with Crippen LogP contribution in [0.3, 0.4) is 0 Å². The molecule has 0 fully saturated rings. The predicted molar refractivity (Wildman–Crippen MR) is 78.2 cm³/mol. The second kappa shape index (κ2) is 5.36. The minimum absolute atomic E-state index is 0.148. The van der Waals surface area contributed by atoms with Crippen molar-refractivity contribution in [1.82, 2.24) is 0 Å². The van der Waals surface area contributed by atoms with Crippen molar-refractivity contribution in [2.24, 2.45) is 5.41 Å². The van der Waals surface area contributed by atoms with Gasteiger partial charge in [0.05, 0.1) is 12.0 Å². The number of rotatable bonds is 3. The molecule has 0 bridgehead atoms. The first-order valence-electron chi connectivity index (χ1n) is 6.58. The fourth-order valence-electron chi connectivity index (χ4n) is 2.58. The molecule has 0 amide bonds. The van der Waals surface area contributed by atoms with Gasteiger partial charge in [0.25, 0.3) is 0 Å². The molecule has 2 heteroatoms. The number of ether oxygens (including phenoxy) is 1. The lowest BCUT2D eigenvalue weighted by Gasteiger charge is -2.32. The zero-order valence-corrected chi connectivity index (χ0v) is 12.1. The van der Waals surface area contributed by atoms with Crippen LogP contribution in [0.5, 0.6) is 5.75 Å². The van der Waals surface area contributed by atoms with Gasteiger partial charge in [-0.1, -0.05) is 32.1 Å². The Bertz CT molecular complexity index is 431. The van der Waals surface area contributed by atoms with Crippen LogP contribution in [0.2, 0.25) is 0 Å². The Morgan fingerprint density at radius 2 is 1.94 bits per heavy atom. The van der Waals surface area contributed by atoms with Gasteiger partial charge in [-0.25, -0.2) is 0 Å². The molecular weight excluding hydrogens is 244 g/mol. The highest BCUT2D eigenvalue weighted by molar-refractivity contribution is 6.22. The normalized spacial score (nSPS) is 22.4. The summed E-state index contributed by atoms with van der Waals surface area (Å²) in [6.45, 7) is 7.27. The van der Waals surface area contributed by atoms with Crippen molar-refractivity contribution in [1.29, 1.82) is 0 Å². The Labute approximate surface area is 115 Å². The summed E-state index contributed by atoms with van der Waals surface area (Å²) in [4.78, 5) is 0. The molecule has 1 aromatic carbocycles. The van der Waals surface area contributed by atoms with Gasteiger partial charge in [0.15, 0.2) is 0 Å². The van der Waals surface area contributed by atoms with Crippen molar-refractivity contribution in [2.75, 3.05) is 6.61 Å². The Hall–Kier alpha value is -0.950. The first kappa shape index (κ1) is 13.5. The minimum Gasteiger partial charge on any atom is -0.494 e. The topological polar surface area (TPSA) is 9.23 Å². The smallest absolute Gasteiger partial charge is 0.119 e. The van der Waals surface area contributed by atoms with Crippen LogP contribution in [0.1, 0.15) is 39.2 Å². The number of benzene rings is 1. The highest BCUT2D eigenvalue weighted by atomic mass is 35.5. The third-order valence-electron chi connectivity index (χ3n) is 3.33. The molecule has 0 saturated heterocycles. The number of hydrogen-bond donors (Lipinski definition) is 0. The molecular formula is C16H21ClO. The lowest BCUT2D eigenvalue weighted by molar-refractivity contribution is 0.339. The molecule has 1 nitrogen and oxygen atoms in total. The van der Waals surface area contributed by atoms with Gasteiger partial charge >= 0.3 is 0 Å². The highest BCUT2D eigenvalue weighted by Crippen LogP contribution is 2.41. The number of allylic oxidation sites excluding steroid dienone is 2. The van der Waals surface area contributed by atoms with E-state index in [1.807, 2.05) is 19.1 Å². The lowest BCUT2D eigenvalue weighted by Crippen LogP contribution is -2.21. The van der Waals surface area contributed by atoms with Crippen LogP contribution < -0.4 is 4.74 Å². The summed E-state index contributed by atoms with van der Waals surface area (Å²) in [7, 11) is 0. The van der Waals surface area contributed by atoms with Crippen LogP contribution in [0, 0.1) is 5.41 Å². The second-order valence-electron chi connectivity index (χ2n) is 5.71. The van der Waals surface area contributed by atoms with Gasteiger partial charge in [0.1, 0.15) is 5.75 Å². The van der Waals surface area contributed by atoms with E-state index in [9.17, 15) is 0 Å². The van der Waals surface area contributed by atoms with E-state index in [1.165, 1.54) is 11.1 Å². The molecule has 1 aliphatic carbocycles. The van der Waals surface area contributed by atoms with Gasteiger partial charge in [-0.15, -0.1) is 11.6 Å². The van der Waals surface area contributed by atoms with Crippen LogP contribution >= 0.6 is 11.6 Å². The van der Waals surface area contributed by atoms with Crippen molar-refractivity contribution in [2.45, 2.75) is 39.0 Å². The number of alkyl halides is 1. The molecule has 1 aliphatic rings. The molecule has 1 aromatic rings. The molecule has 18 heavy (non-hydrogen) atoms. The summed E-state index contributed by atoms with van der Waals surface area (Å²) in [5, 5.41) is 0.148. The van der Waals surface area contributed by atoms with Crippen molar-refractivity contribution >= 4 is 17.2 Å². The van der Waals surface area contributed by atoms with Crippen LogP contribution in [0.15, 0.2) is 30.3 Å². The van der Waals surface area contributed by atoms with Gasteiger partial charge in [0.2, 0.25) is 0 Å². The van der Waals surface area contributed by atoms with E-state index in [0.29, 0.717) is 6.61 Å². The van der Waals surface area contributed by atoms with E-state index >= 15 is 0 Å². The maximum atomic E-state index is 6.33. The Morgan fingerprint density at radius 1 is 1.28 bits per heavy atom. The zero-order chi connectivity index (χ0) is 13.2. The largest absolute Gasteiger partial charge is 0.494 e. The molecule has 1 unspecified atom stereocenters. The first-order valence-corrected chi connectivity index (χ1v) is 7.02. The van der Waals surface area contributed by atoms with Gasteiger partial charge < -0.3 is 4.74 Å². The maximum Gasteiger partial charge on any atom is 0.119 e. The van der Waals surface area contributed by atoms with E-state index in [-0.39, 0.29) is 10.8 Å². The van der Waals surface area contributed by atoms with E-state index in [2.05, 4.69) is 32.1 Å². The summed E-state index contributed by atoms with van der Waals surface area (Å²) in [5.74, 6) is 0.930. The van der Waals surface area contributed by atoms with E-state index < -0.39 is 0 Å². The van der Waals surface area contributed by atoms with Gasteiger partial charge in [-0.3, -0.25) is 0 Å². The molecule has 0 radical (unpaired) electrons. The lowest BCUT2D eigenvalue weighted by atomic mass is 9.75. The van der Waals surface area contributed by atoms with Crippen LogP contribution in [0.4, 0.5) is 0 Å². The first-order chi connectivity index (χ1) is 8.50. The quantitative estimate of drug-likeness (QED) is 0.706. The monoisotopic (exact) mass is 264 g/mol. The van der Waals surface area contributed by atoms with E-state index in [4.69, 9.17) is 16.3 Å².